The van der Waals surface area contributed by atoms with E-state index in [-0.39, 0.29) is 0 Å². The van der Waals surface area contributed by atoms with Gasteiger partial charge in [0.15, 0.2) is 6.29 Å². The number of carbonyl (C=O) groups is 1. The second-order valence-electron chi connectivity index (χ2n) is 2.23. The molecule has 0 aliphatic carbocycles. The normalized spacial score (nSPS) is 10.0. The fraction of sp³-hybridized carbons (Fsp3) is 0.429. The first-order valence-corrected chi connectivity index (χ1v) is 4.54. The molecule has 1 rings (SSSR count). The highest BCUT2D eigenvalue weighted by Gasteiger charge is 2.01. The van der Waals surface area contributed by atoms with E-state index >= 15 is 0 Å². The molecule has 0 aliphatic rings. The molecule has 0 bridgehead atoms. The van der Waals surface area contributed by atoms with Crippen LogP contribution in [0.5, 0.6) is 0 Å². The summed E-state index contributed by atoms with van der Waals surface area (Å²) < 4.78 is 2.86. The number of carbonyl (C=O) groups excluding carboxylic acids is 1. The highest BCUT2D eigenvalue weighted by Crippen LogP contribution is 2.06. The SMILES string of the molecule is CCCn1nc(C=O)cc1I. The predicted octanol–water partition coefficient (Wildman–Crippen LogP) is 1.71. The largest absolute Gasteiger partial charge is 0.296 e. The Morgan fingerprint density at radius 3 is 3.00 bits per heavy atom. The molecule has 0 radical (unpaired) electrons. The van der Waals surface area contributed by atoms with Gasteiger partial charge in [-0.2, -0.15) is 5.10 Å². The summed E-state index contributed by atoms with van der Waals surface area (Å²) in [5.41, 5.74) is 0.517. The van der Waals surface area contributed by atoms with Crippen LogP contribution in [0.4, 0.5) is 0 Å². The smallest absolute Gasteiger partial charge is 0.170 e. The summed E-state index contributed by atoms with van der Waals surface area (Å²) in [6, 6.07) is 1.78. The highest BCUT2D eigenvalue weighted by molar-refractivity contribution is 14.1. The van der Waals surface area contributed by atoms with Gasteiger partial charge in [0, 0.05) is 12.6 Å². The van der Waals surface area contributed by atoms with Crippen LogP contribution < -0.4 is 0 Å². The Morgan fingerprint density at radius 1 is 1.82 bits per heavy atom. The van der Waals surface area contributed by atoms with Crippen molar-refractivity contribution in [2.45, 2.75) is 19.9 Å². The Balaban J connectivity index is 2.87. The monoisotopic (exact) mass is 264 g/mol. The quantitative estimate of drug-likeness (QED) is 0.615. The summed E-state index contributed by atoms with van der Waals surface area (Å²) in [5.74, 6) is 0. The van der Waals surface area contributed by atoms with Crippen molar-refractivity contribution in [2.75, 3.05) is 0 Å². The van der Waals surface area contributed by atoms with Crippen LogP contribution in [0, 0.1) is 3.70 Å². The van der Waals surface area contributed by atoms with Crippen molar-refractivity contribution in [1.82, 2.24) is 9.78 Å². The van der Waals surface area contributed by atoms with Gasteiger partial charge in [-0.15, -0.1) is 0 Å². The lowest BCUT2D eigenvalue weighted by Crippen LogP contribution is -2.01. The maximum atomic E-state index is 10.3. The van der Waals surface area contributed by atoms with Gasteiger partial charge in [0.1, 0.15) is 5.69 Å². The molecule has 0 aromatic carbocycles. The number of nitrogens with zero attached hydrogens (tertiary/aromatic N) is 2. The van der Waals surface area contributed by atoms with E-state index in [9.17, 15) is 4.79 Å². The number of aryl methyl sites for hydroxylation is 1. The molecule has 1 heterocycles. The molecule has 1 aromatic rings. The summed E-state index contributed by atoms with van der Waals surface area (Å²) in [6.07, 6.45) is 1.81. The molecule has 4 heteroatoms. The van der Waals surface area contributed by atoms with Crippen LogP contribution in [0.1, 0.15) is 23.8 Å². The van der Waals surface area contributed by atoms with Gasteiger partial charge in [-0.05, 0) is 29.0 Å². The van der Waals surface area contributed by atoms with Gasteiger partial charge in [0.05, 0.1) is 3.70 Å². The number of hydrogen-bond donors (Lipinski definition) is 0. The van der Waals surface area contributed by atoms with Gasteiger partial charge in [0.25, 0.3) is 0 Å². The average molecular weight is 264 g/mol. The molecule has 1 aromatic heterocycles. The molecule has 0 unspecified atom stereocenters. The van der Waals surface area contributed by atoms with Crippen LogP contribution in [0.2, 0.25) is 0 Å². The predicted molar refractivity (Wildman–Crippen MR) is 50.6 cm³/mol. The van der Waals surface area contributed by atoms with E-state index in [0.29, 0.717) is 5.69 Å². The molecule has 11 heavy (non-hydrogen) atoms. The average Bonchev–Trinajstić information content (AvgIpc) is 2.33. The Kier molecular flexibility index (Phi) is 3.04. The summed E-state index contributed by atoms with van der Waals surface area (Å²) in [6.45, 7) is 2.96. The van der Waals surface area contributed by atoms with Gasteiger partial charge >= 0.3 is 0 Å². The lowest BCUT2D eigenvalue weighted by molar-refractivity contribution is 0.111. The van der Waals surface area contributed by atoms with Crippen LogP contribution in [-0.2, 0) is 6.54 Å². The Bertz CT molecular complexity index is 257. The van der Waals surface area contributed by atoms with Gasteiger partial charge in [-0.25, -0.2) is 0 Å². The Hall–Kier alpha value is -0.390. The second-order valence-corrected chi connectivity index (χ2v) is 3.34. The second kappa shape index (κ2) is 3.85. The number of aldehydes is 1. The van der Waals surface area contributed by atoms with E-state index in [1.807, 2.05) is 4.68 Å². The van der Waals surface area contributed by atoms with E-state index < -0.39 is 0 Å². The molecule has 0 saturated carbocycles. The summed E-state index contributed by atoms with van der Waals surface area (Å²) in [4.78, 5) is 10.3. The molecule has 0 amide bonds. The molecule has 0 spiro atoms. The van der Waals surface area contributed by atoms with Gasteiger partial charge < -0.3 is 0 Å². The third kappa shape index (κ3) is 2.02. The molecule has 0 aliphatic heterocycles. The van der Waals surface area contributed by atoms with Crippen molar-refractivity contribution in [3.63, 3.8) is 0 Å². The van der Waals surface area contributed by atoms with Crippen LogP contribution in [0.25, 0.3) is 0 Å². The number of aromatic nitrogens is 2. The van der Waals surface area contributed by atoms with Crippen LogP contribution in [-0.4, -0.2) is 16.1 Å². The van der Waals surface area contributed by atoms with E-state index in [2.05, 4.69) is 34.6 Å². The Labute approximate surface area is 78.9 Å². The fourth-order valence-electron chi connectivity index (χ4n) is 0.839. The minimum Gasteiger partial charge on any atom is -0.296 e. The minimum absolute atomic E-state index is 0.517. The Morgan fingerprint density at radius 2 is 2.55 bits per heavy atom. The molecular weight excluding hydrogens is 255 g/mol. The first-order valence-electron chi connectivity index (χ1n) is 3.46. The van der Waals surface area contributed by atoms with Crippen LogP contribution in [0.3, 0.4) is 0 Å². The molecular formula is C7H9IN2O. The van der Waals surface area contributed by atoms with Gasteiger partial charge in [0.2, 0.25) is 0 Å². The van der Waals surface area contributed by atoms with Crippen LogP contribution in [0.15, 0.2) is 6.07 Å². The first kappa shape index (κ1) is 8.70. The van der Waals surface area contributed by atoms with Crippen molar-refractivity contribution in [1.29, 1.82) is 0 Å². The third-order valence-electron chi connectivity index (χ3n) is 1.31. The highest BCUT2D eigenvalue weighted by atomic mass is 127. The molecule has 0 atom stereocenters. The number of halogens is 1. The topological polar surface area (TPSA) is 34.9 Å². The van der Waals surface area contributed by atoms with E-state index in [4.69, 9.17) is 0 Å². The van der Waals surface area contributed by atoms with Crippen molar-refractivity contribution in [3.05, 3.63) is 15.5 Å². The zero-order chi connectivity index (χ0) is 8.27. The van der Waals surface area contributed by atoms with Gasteiger partial charge in [-0.1, -0.05) is 6.92 Å². The van der Waals surface area contributed by atoms with E-state index in [0.717, 1.165) is 23.0 Å². The van der Waals surface area contributed by atoms with Crippen LogP contribution >= 0.6 is 22.6 Å². The minimum atomic E-state index is 0.517. The maximum absolute atomic E-state index is 10.3. The maximum Gasteiger partial charge on any atom is 0.170 e. The zero-order valence-corrected chi connectivity index (χ0v) is 8.41. The molecule has 60 valence electrons. The third-order valence-corrected chi connectivity index (χ3v) is 2.17. The standard InChI is InChI=1S/C7H9IN2O/c1-2-3-10-7(8)4-6(5-11)9-10/h4-5H,2-3H2,1H3. The molecule has 0 fully saturated rings. The lowest BCUT2D eigenvalue weighted by atomic mass is 10.5. The first-order chi connectivity index (χ1) is 5.27. The lowest BCUT2D eigenvalue weighted by Gasteiger charge is -1.97. The van der Waals surface area contributed by atoms with E-state index in [1.165, 1.54) is 0 Å². The summed E-state index contributed by atoms with van der Waals surface area (Å²) in [7, 11) is 0. The summed E-state index contributed by atoms with van der Waals surface area (Å²) in [5, 5.41) is 4.06. The van der Waals surface area contributed by atoms with Gasteiger partial charge in [-0.3, -0.25) is 9.48 Å². The molecule has 0 saturated heterocycles. The summed E-state index contributed by atoms with van der Waals surface area (Å²) >= 11 is 2.17. The zero-order valence-electron chi connectivity index (χ0n) is 6.25. The van der Waals surface area contributed by atoms with Crippen molar-refractivity contribution in [3.8, 4) is 0 Å². The van der Waals surface area contributed by atoms with Crippen molar-refractivity contribution >= 4 is 28.9 Å². The van der Waals surface area contributed by atoms with Crippen molar-refractivity contribution < 1.29 is 4.79 Å². The number of rotatable bonds is 3. The molecule has 3 nitrogen and oxygen atoms in total. The number of hydrogen-bond acceptors (Lipinski definition) is 2. The van der Waals surface area contributed by atoms with Crippen molar-refractivity contribution in [2.24, 2.45) is 0 Å². The van der Waals surface area contributed by atoms with E-state index in [1.54, 1.807) is 6.07 Å². The fourth-order valence-corrected chi connectivity index (χ4v) is 1.51. The molecule has 0 N–H and O–H groups in total.